The van der Waals surface area contributed by atoms with Gasteiger partial charge in [-0.05, 0) is 30.5 Å². The number of nitrogens with two attached hydrogens (primary N) is 1. The molecular formula is C12H19ClN2O3S. The third kappa shape index (κ3) is 4.65. The summed E-state index contributed by atoms with van der Waals surface area (Å²) in [5.41, 5.74) is 5.79. The monoisotopic (exact) mass is 306 g/mol. The number of hydrogen-bond acceptors (Lipinski definition) is 4. The number of benzene rings is 1. The molecule has 0 amide bonds. The van der Waals surface area contributed by atoms with E-state index in [1.165, 1.54) is 18.2 Å². The Kier molecular flexibility index (Phi) is 5.61. The Morgan fingerprint density at radius 1 is 1.42 bits per heavy atom. The zero-order valence-electron chi connectivity index (χ0n) is 10.9. The maximum atomic E-state index is 12.1. The van der Waals surface area contributed by atoms with Crippen LogP contribution in [0, 0.1) is 5.92 Å². The SMILES string of the molecule is CC(C)CC(CO)NS(=O)(=O)c1ccc(Cl)c(N)c1. The van der Waals surface area contributed by atoms with Gasteiger partial charge in [-0.25, -0.2) is 13.1 Å². The summed E-state index contributed by atoms with van der Waals surface area (Å²) in [6.45, 7) is 3.66. The average molecular weight is 307 g/mol. The van der Waals surface area contributed by atoms with Gasteiger partial charge in [0, 0.05) is 6.04 Å². The van der Waals surface area contributed by atoms with Crippen LogP contribution in [0.1, 0.15) is 20.3 Å². The fraction of sp³-hybridized carbons (Fsp3) is 0.500. The molecule has 0 aromatic heterocycles. The highest BCUT2D eigenvalue weighted by molar-refractivity contribution is 7.89. The number of anilines is 1. The van der Waals surface area contributed by atoms with E-state index in [9.17, 15) is 13.5 Å². The predicted molar refractivity (Wildman–Crippen MR) is 76.5 cm³/mol. The normalized spacial score (nSPS) is 13.7. The molecule has 0 saturated heterocycles. The second-order valence-corrected chi connectivity index (χ2v) is 6.93. The van der Waals surface area contributed by atoms with Crippen molar-refractivity contribution in [2.75, 3.05) is 12.3 Å². The third-order valence-corrected chi connectivity index (χ3v) is 4.44. The maximum absolute atomic E-state index is 12.1. The van der Waals surface area contributed by atoms with E-state index in [0.717, 1.165) is 0 Å². The van der Waals surface area contributed by atoms with Gasteiger partial charge in [-0.2, -0.15) is 0 Å². The lowest BCUT2D eigenvalue weighted by molar-refractivity contribution is 0.240. The molecule has 0 fully saturated rings. The van der Waals surface area contributed by atoms with E-state index in [0.29, 0.717) is 11.4 Å². The highest BCUT2D eigenvalue weighted by Crippen LogP contribution is 2.22. The van der Waals surface area contributed by atoms with Gasteiger partial charge in [0.1, 0.15) is 0 Å². The smallest absolute Gasteiger partial charge is 0.240 e. The predicted octanol–water partition coefficient (Wildman–Crippen LogP) is 1.61. The van der Waals surface area contributed by atoms with Crippen LogP contribution in [0.4, 0.5) is 5.69 Å². The van der Waals surface area contributed by atoms with Crippen molar-refractivity contribution >= 4 is 27.3 Å². The molecule has 1 atom stereocenters. The van der Waals surface area contributed by atoms with Crippen molar-refractivity contribution in [2.24, 2.45) is 5.92 Å². The number of aliphatic hydroxyl groups is 1. The Morgan fingerprint density at radius 3 is 2.53 bits per heavy atom. The zero-order valence-corrected chi connectivity index (χ0v) is 12.5. The summed E-state index contributed by atoms with van der Waals surface area (Å²) < 4.78 is 26.7. The Balaban J connectivity index is 2.93. The van der Waals surface area contributed by atoms with Gasteiger partial charge in [-0.1, -0.05) is 25.4 Å². The Labute approximate surface area is 118 Å². The van der Waals surface area contributed by atoms with Crippen molar-refractivity contribution in [1.82, 2.24) is 4.72 Å². The van der Waals surface area contributed by atoms with Crippen molar-refractivity contribution in [2.45, 2.75) is 31.2 Å². The molecule has 1 aromatic rings. The van der Waals surface area contributed by atoms with Gasteiger partial charge < -0.3 is 10.8 Å². The quantitative estimate of drug-likeness (QED) is 0.696. The summed E-state index contributed by atoms with van der Waals surface area (Å²) in [4.78, 5) is 0.0385. The minimum atomic E-state index is -3.71. The first-order chi connectivity index (χ1) is 8.76. The molecule has 0 heterocycles. The summed E-state index contributed by atoms with van der Waals surface area (Å²) in [6.07, 6.45) is 0.554. The zero-order chi connectivity index (χ0) is 14.6. The Bertz CT molecular complexity index is 532. The minimum absolute atomic E-state index is 0.0385. The Morgan fingerprint density at radius 2 is 2.05 bits per heavy atom. The molecule has 1 rings (SSSR count). The van der Waals surface area contributed by atoms with Crippen molar-refractivity contribution in [1.29, 1.82) is 0 Å². The van der Waals surface area contributed by atoms with Crippen LogP contribution in [0.5, 0.6) is 0 Å². The molecule has 5 nitrogen and oxygen atoms in total. The van der Waals surface area contributed by atoms with Crippen molar-refractivity contribution < 1.29 is 13.5 Å². The van der Waals surface area contributed by atoms with Crippen LogP contribution >= 0.6 is 11.6 Å². The number of aliphatic hydroxyl groups excluding tert-OH is 1. The number of nitrogens with one attached hydrogen (secondary N) is 1. The number of rotatable bonds is 6. The topological polar surface area (TPSA) is 92.4 Å². The molecule has 0 aliphatic heterocycles. The summed E-state index contributed by atoms with van der Waals surface area (Å²) in [6, 6.07) is 3.60. The number of halogens is 1. The molecule has 0 saturated carbocycles. The first-order valence-electron chi connectivity index (χ1n) is 5.94. The van der Waals surface area contributed by atoms with Crippen LogP contribution in [0.2, 0.25) is 5.02 Å². The van der Waals surface area contributed by atoms with Crippen LogP contribution in [-0.4, -0.2) is 26.2 Å². The molecule has 0 bridgehead atoms. The lowest BCUT2D eigenvalue weighted by atomic mass is 10.1. The van der Waals surface area contributed by atoms with Gasteiger partial charge in [0.15, 0.2) is 0 Å². The van der Waals surface area contributed by atoms with Crippen LogP contribution in [0.25, 0.3) is 0 Å². The van der Waals surface area contributed by atoms with E-state index in [1.54, 1.807) is 0 Å². The van der Waals surface area contributed by atoms with Crippen molar-refractivity contribution in [3.63, 3.8) is 0 Å². The van der Waals surface area contributed by atoms with Gasteiger partial charge in [-0.3, -0.25) is 0 Å². The fourth-order valence-electron chi connectivity index (χ4n) is 1.71. The molecular weight excluding hydrogens is 288 g/mol. The molecule has 0 aliphatic rings. The standard InChI is InChI=1S/C12H19ClN2O3S/c1-8(2)5-9(7-16)15-19(17,18)10-3-4-11(13)12(14)6-10/h3-4,6,8-9,15-16H,5,7,14H2,1-2H3. The molecule has 0 radical (unpaired) electrons. The van der Waals surface area contributed by atoms with Crippen LogP contribution in [0.15, 0.2) is 23.1 Å². The number of sulfonamides is 1. The second-order valence-electron chi connectivity index (χ2n) is 4.81. The van der Waals surface area contributed by atoms with Crippen LogP contribution < -0.4 is 10.5 Å². The van der Waals surface area contributed by atoms with Crippen molar-refractivity contribution in [3.8, 4) is 0 Å². The van der Waals surface area contributed by atoms with Crippen LogP contribution in [0.3, 0.4) is 0 Å². The summed E-state index contributed by atoms with van der Waals surface area (Å²) in [7, 11) is -3.71. The molecule has 0 aliphatic carbocycles. The largest absolute Gasteiger partial charge is 0.397 e. The molecule has 1 unspecified atom stereocenters. The molecule has 4 N–H and O–H groups in total. The first kappa shape index (κ1) is 16.2. The highest BCUT2D eigenvalue weighted by Gasteiger charge is 2.21. The van der Waals surface area contributed by atoms with E-state index in [2.05, 4.69) is 4.72 Å². The molecule has 1 aromatic carbocycles. The van der Waals surface area contributed by atoms with E-state index >= 15 is 0 Å². The maximum Gasteiger partial charge on any atom is 0.240 e. The van der Waals surface area contributed by atoms with E-state index < -0.39 is 16.1 Å². The second kappa shape index (κ2) is 6.56. The molecule has 7 heteroatoms. The van der Waals surface area contributed by atoms with Gasteiger partial charge in [0.2, 0.25) is 10.0 Å². The molecule has 108 valence electrons. The lowest BCUT2D eigenvalue weighted by Gasteiger charge is -2.18. The van der Waals surface area contributed by atoms with E-state index in [-0.39, 0.29) is 23.1 Å². The number of nitrogen functional groups attached to an aromatic ring is 1. The van der Waals surface area contributed by atoms with E-state index in [1.807, 2.05) is 13.8 Å². The Hall–Kier alpha value is -0.820. The van der Waals surface area contributed by atoms with Gasteiger partial charge in [-0.15, -0.1) is 0 Å². The minimum Gasteiger partial charge on any atom is -0.397 e. The fourth-order valence-corrected chi connectivity index (χ4v) is 3.10. The van der Waals surface area contributed by atoms with Crippen LogP contribution in [-0.2, 0) is 10.0 Å². The van der Waals surface area contributed by atoms with Crippen molar-refractivity contribution in [3.05, 3.63) is 23.2 Å². The van der Waals surface area contributed by atoms with Gasteiger partial charge in [0.05, 0.1) is 22.2 Å². The summed E-state index contributed by atoms with van der Waals surface area (Å²) >= 11 is 5.75. The first-order valence-corrected chi connectivity index (χ1v) is 7.80. The number of hydrogen-bond donors (Lipinski definition) is 3. The molecule has 19 heavy (non-hydrogen) atoms. The van der Waals surface area contributed by atoms with Gasteiger partial charge in [0.25, 0.3) is 0 Å². The summed E-state index contributed by atoms with van der Waals surface area (Å²) in [5, 5.41) is 9.52. The lowest BCUT2D eigenvalue weighted by Crippen LogP contribution is -2.38. The summed E-state index contributed by atoms with van der Waals surface area (Å²) in [5.74, 6) is 0.273. The highest BCUT2D eigenvalue weighted by atomic mass is 35.5. The average Bonchev–Trinajstić information content (AvgIpc) is 2.30. The molecule has 0 spiro atoms. The van der Waals surface area contributed by atoms with E-state index in [4.69, 9.17) is 17.3 Å². The van der Waals surface area contributed by atoms with Gasteiger partial charge >= 0.3 is 0 Å². The third-order valence-electron chi connectivity index (χ3n) is 2.58.